The first-order valence-electron chi connectivity index (χ1n) is 5.24. The maximum atomic E-state index is 11.3. The molecule has 18 heavy (non-hydrogen) atoms. The molecule has 2 atom stereocenters. The summed E-state index contributed by atoms with van der Waals surface area (Å²) >= 11 is 5.05. The van der Waals surface area contributed by atoms with Gasteiger partial charge in [-0.1, -0.05) is 42.5 Å². The van der Waals surface area contributed by atoms with E-state index in [-0.39, 0.29) is 4.86 Å². The van der Waals surface area contributed by atoms with Crippen LogP contribution in [0.3, 0.4) is 0 Å². The minimum atomic E-state index is -1.33. The zero-order chi connectivity index (χ0) is 13.7. The highest BCUT2D eigenvalue weighted by Gasteiger charge is 2.26. The number of nitrogens with one attached hydrogen (secondary N) is 1. The Labute approximate surface area is 109 Å². The molecule has 0 heterocycles. The van der Waals surface area contributed by atoms with Crippen molar-refractivity contribution in [2.45, 2.75) is 19.1 Å². The fourth-order valence-corrected chi connectivity index (χ4v) is 1.57. The van der Waals surface area contributed by atoms with Crippen molar-refractivity contribution in [2.75, 3.05) is 0 Å². The fraction of sp³-hybridized carbons (Fsp3) is 0.250. The second kappa shape index (κ2) is 6.23. The van der Waals surface area contributed by atoms with Gasteiger partial charge >= 0.3 is 5.97 Å². The van der Waals surface area contributed by atoms with E-state index in [1.807, 2.05) is 0 Å². The van der Waals surface area contributed by atoms with Crippen molar-refractivity contribution in [3.63, 3.8) is 0 Å². The Balaban J connectivity index is 2.90. The van der Waals surface area contributed by atoms with E-state index >= 15 is 0 Å². The zero-order valence-electron chi connectivity index (χ0n) is 9.66. The number of carboxylic acids is 1. The molecule has 3 N–H and O–H groups in total. The van der Waals surface area contributed by atoms with Crippen molar-refractivity contribution in [3.05, 3.63) is 35.9 Å². The normalized spacial score (nSPS) is 13.4. The van der Waals surface area contributed by atoms with Crippen LogP contribution in [0.5, 0.6) is 0 Å². The monoisotopic (exact) mass is 267 g/mol. The highest BCUT2D eigenvalue weighted by atomic mass is 32.1. The van der Waals surface area contributed by atoms with Crippen LogP contribution in [0.15, 0.2) is 30.3 Å². The molecule has 1 aromatic carbocycles. The predicted molar refractivity (Wildman–Crippen MR) is 69.4 cm³/mol. The average Bonchev–Trinajstić information content (AvgIpc) is 2.35. The summed E-state index contributed by atoms with van der Waals surface area (Å²) in [7, 11) is 0. The summed E-state index contributed by atoms with van der Waals surface area (Å²) in [6.45, 7) is 1.25. The summed E-state index contributed by atoms with van der Waals surface area (Å²) in [6.07, 6.45) is -1.29. The highest BCUT2D eigenvalue weighted by molar-refractivity contribution is 7.81. The van der Waals surface area contributed by atoms with Gasteiger partial charge in [0.1, 0.15) is 6.10 Å². The number of aliphatic hydroxyl groups excluding tert-OH is 1. The SMILES string of the molecule is C[C@H](O)C(=O)N[C@H](C(=O)O)C(=S)c1ccccc1. The molecule has 96 valence electrons. The number of aliphatic hydroxyl groups is 1. The molecule has 0 aliphatic carbocycles. The predicted octanol–water partition coefficient (Wildman–Crippen LogP) is 0.355. The summed E-state index contributed by atoms with van der Waals surface area (Å²) in [5.41, 5.74) is 0.547. The number of hydrogen-bond donors (Lipinski definition) is 3. The molecule has 0 spiro atoms. The van der Waals surface area contributed by atoms with Crippen LogP contribution in [0.25, 0.3) is 0 Å². The molecular weight excluding hydrogens is 254 g/mol. The number of rotatable bonds is 5. The van der Waals surface area contributed by atoms with Crippen LogP contribution in [0.2, 0.25) is 0 Å². The third-order valence-electron chi connectivity index (χ3n) is 2.23. The number of carbonyl (C=O) groups is 2. The van der Waals surface area contributed by atoms with E-state index in [4.69, 9.17) is 22.4 Å². The number of carboxylic acid groups (broad SMARTS) is 1. The molecule has 0 saturated heterocycles. The lowest BCUT2D eigenvalue weighted by atomic mass is 10.1. The quantitative estimate of drug-likeness (QED) is 0.529. The minimum Gasteiger partial charge on any atom is -0.479 e. The fourth-order valence-electron chi connectivity index (χ4n) is 1.27. The van der Waals surface area contributed by atoms with E-state index in [0.717, 1.165) is 0 Å². The van der Waals surface area contributed by atoms with Gasteiger partial charge in [-0.25, -0.2) is 4.79 Å². The molecule has 0 aliphatic rings. The Morgan fingerprint density at radius 3 is 2.28 bits per heavy atom. The molecule has 0 saturated carbocycles. The highest BCUT2D eigenvalue weighted by Crippen LogP contribution is 2.06. The van der Waals surface area contributed by atoms with Crippen LogP contribution < -0.4 is 5.32 Å². The maximum Gasteiger partial charge on any atom is 0.331 e. The topological polar surface area (TPSA) is 86.6 Å². The minimum absolute atomic E-state index is 0.0945. The van der Waals surface area contributed by atoms with Crippen molar-refractivity contribution in [3.8, 4) is 0 Å². The van der Waals surface area contributed by atoms with E-state index in [0.29, 0.717) is 5.56 Å². The van der Waals surface area contributed by atoms with Crippen LogP contribution in [0.1, 0.15) is 12.5 Å². The summed E-state index contributed by atoms with van der Waals surface area (Å²) in [4.78, 5) is 22.5. The number of amides is 1. The van der Waals surface area contributed by atoms with Crippen molar-refractivity contribution in [1.29, 1.82) is 0 Å². The Morgan fingerprint density at radius 2 is 1.83 bits per heavy atom. The second-order valence-electron chi connectivity index (χ2n) is 3.69. The van der Waals surface area contributed by atoms with Crippen LogP contribution in [-0.4, -0.2) is 39.1 Å². The molecule has 0 aromatic heterocycles. The Hall–Kier alpha value is -1.79. The molecular formula is C12H13NO4S. The molecule has 0 bridgehead atoms. The van der Waals surface area contributed by atoms with Crippen LogP contribution in [0.4, 0.5) is 0 Å². The first-order chi connectivity index (χ1) is 8.43. The van der Waals surface area contributed by atoms with Gasteiger partial charge in [-0.15, -0.1) is 0 Å². The van der Waals surface area contributed by atoms with E-state index in [2.05, 4.69) is 5.32 Å². The smallest absolute Gasteiger partial charge is 0.331 e. The number of carbonyl (C=O) groups excluding carboxylic acids is 1. The van der Waals surface area contributed by atoms with Gasteiger partial charge in [-0.05, 0) is 12.5 Å². The molecule has 1 aromatic rings. The summed E-state index contributed by atoms with van der Waals surface area (Å²) < 4.78 is 0. The van der Waals surface area contributed by atoms with Crippen molar-refractivity contribution in [2.24, 2.45) is 0 Å². The molecule has 6 heteroatoms. The lowest BCUT2D eigenvalue weighted by Gasteiger charge is -2.16. The number of thiocarbonyl (C=S) groups is 1. The molecule has 5 nitrogen and oxygen atoms in total. The average molecular weight is 267 g/mol. The lowest BCUT2D eigenvalue weighted by molar-refractivity contribution is -0.141. The number of hydrogen-bond acceptors (Lipinski definition) is 4. The summed E-state index contributed by atoms with van der Waals surface area (Å²) in [5.74, 6) is -2.04. The van der Waals surface area contributed by atoms with Crippen molar-refractivity contribution < 1.29 is 19.8 Å². The van der Waals surface area contributed by atoms with Gasteiger partial charge in [0.25, 0.3) is 0 Å². The van der Waals surface area contributed by atoms with Crippen LogP contribution in [-0.2, 0) is 9.59 Å². The van der Waals surface area contributed by atoms with Crippen molar-refractivity contribution >= 4 is 29.0 Å². The molecule has 0 radical (unpaired) electrons. The summed E-state index contributed by atoms with van der Waals surface area (Å²) in [6, 6.07) is 7.20. The third-order valence-corrected chi connectivity index (χ3v) is 2.70. The van der Waals surface area contributed by atoms with Crippen molar-refractivity contribution in [1.82, 2.24) is 5.32 Å². The van der Waals surface area contributed by atoms with Gasteiger partial charge in [-0.3, -0.25) is 4.79 Å². The largest absolute Gasteiger partial charge is 0.479 e. The molecule has 0 fully saturated rings. The van der Waals surface area contributed by atoms with Gasteiger partial charge in [0.2, 0.25) is 5.91 Å². The molecule has 0 unspecified atom stereocenters. The zero-order valence-corrected chi connectivity index (χ0v) is 10.5. The van der Waals surface area contributed by atoms with Gasteiger partial charge in [0, 0.05) is 0 Å². The Morgan fingerprint density at radius 1 is 1.28 bits per heavy atom. The number of benzene rings is 1. The molecule has 1 rings (SSSR count). The van der Waals surface area contributed by atoms with E-state index in [1.54, 1.807) is 30.3 Å². The van der Waals surface area contributed by atoms with E-state index < -0.39 is 24.0 Å². The Kier molecular flexibility index (Phi) is 4.94. The standard InChI is InChI=1S/C12H13NO4S/c1-7(14)11(15)13-9(12(16)17)10(18)8-5-3-2-4-6-8/h2-7,9,14H,1H3,(H,13,15)(H,16,17)/t7-,9-/m0/s1. The Bertz CT molecular complexity index is 458. The second-order valence-corrected chi connectivity index (χ2v) is 4.13. The number of aliphatic carboxylic acids is 1. The first kappa shape index (κ1) is 14.3. The van der Waals surface area contributed by atoms with Gasteiger partial charge in [-0.2, -0.15) is 0 Å². The third kappa shape index (κ3) is 3.61. The van der Waals surface area contributed by atoms with Crippen LogP contribution >= 0.6 is 12.2 Å². The lowest BCUT2D eigenvalue weighted by Crippen LogP contribution is -2.49. The van der Waals surface area contributed by atoms with Gasteiger partial charge in [0.15, 0.2) is 6.04 Å². The summed E-state index contributed by atoms with van der Waals surface area (Å²) in [5, 5.41) is 20.3. The van der Waals surface area contributed by atoms with E-state index in [9.17, 15) is 9.59 Å². The van der Waals surface area contributed by atoms with E-state index in [1.165, 1.54) is 6.92 Å². The molecule has 1 amide bonds. The van der Waals surface area contributed by atoms with Crippen LogP contribution in [0, 0.1) is 0 Å². The van der Waals surface area contributed by atoms with Gasteiger partial charge < -0.3 is 15.5 Å². The first-order valence-corrected chi connectivity index (χ1v) is 5.65. The van der Waals surface area contributed by atoms with Gasteiger partial charge in [0.05, 0.1) is 4.86 Å². The maximum absolute atomic E-state index is 11.3. The molecule has 0 aliphatic heterocycles.